The minimum atomic E-state index is -0.670. The number of hydrogen-bond donors (Lipinski definition) is 0. The highest BCUT2D eigenvalue weighted by Gasteiger charge is 2.28. The second-order valence-electron chi connectivity index (χ2n) is 14.6. The van der Waals surface area contributed by atoms with Gasteiger partial charge in [-0.1, -0.05) is 84.8 Å². The molecular weight excluding hydrogens is 835 g/mol. The van der Waals surface area contributed by atoms with Crippen molar-refractivity contribution in [2.24, 2.45) is 0 Å². The molecule has 12 nitrogen and oxygen atoms in total. The van der Waals surface area contributed by atoms with Crippen LogP contribution < -0.4 is 9.47 Å². The average molecular weight is 877 g/mol. The fraction of sp³-hybridized carbons (Fsp3) is 0.227. The molecule has 0 unspecified atom stereocenters. The van der Waals surface area contributed by atoms with Gasteiger partial charge in [0.25, 0.3) is 0 Å². The van der Waals surface area contributed by atoms with Crippen LogP contribution in [0.1, 0.15) is 84.6 Å². The normalized spacial score (nSPS) is 11.2. The molecule has 7 aromatic rings. The van der Waals surface area contributed by atoms with Crippen LogP contribution in [0.5, 0.6) is 11.5 Å². The smallest absolute Gasteiger partial charge is 0.346 e. The van der Waals surface area contributed by atoms with E-state index in [2.05, 4.69) is 54.6 Å². The Morgan fingerprint density at radius 2 is 1.05 bits per heavy atom. The van der Waals surface area contributed by atoms with E-state index in [9.17, 15) is 9.59 Å². The highest BCUT2D eigenvalue weighted by molar-refractivity contribution is 14.1. The lowest BCUT2D eigenvalue weighted by atomic mass is 10.1. The molecule has 13 heteroatoms. The maximum atomic E-state index is 13.1. The van der Waals surface area contributed by atoms with Crippen LogP contribution in [0, 0.1) is 15.5 Å². The first-order valence-corrected chi connectivity index (χ1v) is 19.1. The summed E-state index contributed by atoms with van der Waals surface area (Å²) < 4.78 is 27.1. The van der Waals surface area contributed by atoms with E-state index in [1.54, 1.807) is 16.6 Å². The molecule has 0 amide bonds. The van der Waals surface area contributed by atoms with E-state index in [0.717, 1.165) is 20.4 Å². The number of rotatable bonds is 8. The predicted molar refractivity (Wildman–Crippen MR) is 223 cm³/mol. The van der Waals surface area contributed by atoms with Crippen LogP contribution >= 0.6 is 22.6 Å². The van der Waals surface area contributed by atoms with Crippen LogP contribution in [-0.4, -0.2) is 52.3 Å². The molecule has 0 fully saturated rings. The lowest BCUT2D eigenvalue weighted by molar-refractivity contribution is 0.00540. The van der Waals surface area contributed by atoms with Crippen molar-refractivity contribution in [1.29, 1.82) is 0 Å². The third-order valence-corrected chi connectivity index (χ3v) is 8.54. The molecule has 0 saturated carbocycles. The summed E-state index contributed by atoms with van der Waals surface area (Å²) in [6, 6.07) is 32.6. The van der Waals surface area contributed by atoms with Crippen molar-refractivity contribution >= 4 is 45.8 Å². The fourth-order valence-corrected chi connectivity index (χ4v) is 6.00. The Morgan fingerprint density at radius 3 is 1.54 bits per heavy atom. The van der Waals surface area contributed by atoms with E-state index in [-0.39, 0.29) is 17.7 Å². The number of carbonyl (C=O) groups excluding carboxylic acids is 2. The molecule has 0 aliphatic rings. The fourth-order valence-electron chi connectivity index (χ4n) is 5.36. The van der Waals surface area contributed by atoms with Gasteiger partial charge >= 0.3 is 11.9 Å². The number of hydrogen-bond acceptors (Lipinski definition) is 10. The van der Waals surface area contributed by atoms with Gasteiger partial charge in [0.15, 0.2) is 11.3 Å². The van der Waals surface area contributed by atoms with Crippen molar-refractivity contribution in [1.82, 2.24) is 29.2 Å². The number of pyridine rings is 2. The monoisotopic (exact) mass is 876 g/mol. The summed E-state index contributed by atoms with van der Waals surface area (Å²) in [7, 11) is 0. The van der Waals surface area contributed by atoms with Gasteiger partial charge in [-0.2, -0.15) is 10.2 Å². The second-order valence-corrected chi connectivity index (χ2v) is 15.7. The largest absolute Gasteiger partial charge is 0.488 e. The molecule has 7 rings (SSSR count). The summed E-state index contributed by atoms with van der Waals surface area (Å²) in [6.45, 7) is 11.5. The van der Waals surface area contributed by atoms with E-state index >= 15 is 0 Å². The molecule has 0 spiro atoms. The number of ether oxygens (including phenoxy) is 4. The quantitative estimate of drug-likeness (QED) is 0.0634. The summed E-state index contributed by atoms with van der Waals surface area (Å²) in [5, 5.41) is 8.42. The first-order valence-electron chi connectivity index (χ1n) is 18.0. The van der Waals surface area contributed by atoms with Crippen molar-refractivity contribution in [2.45, 2.75) is 66.0 Å². The van der Waals surface area contributed by atoms with Gasteiger partial charge in [-0.25, -0.2) is 28.6 Å². The summed E-state index contributed by atoms with van der Waals surface area (Å²) in [5.74, 6) is 6.02. The Hall–Kier alpha value is -6.27. The molecule has 0 aliphatic heterocycles. The van der Waals surface area contributed by atoms with E-state index in [1.165, 1.54) is 17.2 Å². The standard InChI is InChI=1S/C26H23N3O3.C18H18IN3O3/c1-26(2,3)32-25(30)23-22(31-17-20-12-8-5-9-13-20)16-21(29-24(23)27-18-28-29)15-14-19-10-6-4-7-11-19;1-18(2,3)25-17(23)15-13(24-10-12-7-5-4-6-8-12)9-14(19)22-16(15)20-11-21-22/h4-13,16,18H,17H2,1-3H3;4-9,11H,10H2,1-3H3. The lowest BCUT2D eigenvalue weighted by Crippen LogP contribution is -2.25. The average Bonchev–Trinajstić information content (AvgIpc) is 3.87. The first kappa shape index (κ1) is 40.4. The molecule has 0 atom stereocenters. The number of benzene rings is 3. The molecule has 0 radical (unpaired) electrons. The van der Waals surface area contributed by atoms with Gasteiger partial charge in [0.05, 0.1) is 0 Å². The molecule has 4 heterocycles. The maximum Gasteiger partial charge on any atom is 0.346 e. The summed E-state index contributed by atoms with van der Waals surface area (Å²) in [4.78, 5) is 34.3. The number of fused-ring (bicyclic) bond motifs is 2. The summed E-state index contributed by atoms with van der Waals surface area (Å²) >= 11 is 2.13. The van der Waals surface area contributed by atoms with Gasteiger partial charge in [-0.15, -0.1) is 0 Å². The van der Waals surface area contributed by atoms with Crippen molar-refractivity contribution in [3.05, 3.63) is 153 Å². The Bertz CT molecular complexity index is 2550. The predicted octanol–water partition coefficient (Wildman–Crippen LogP) is 8.53. The van der Waals surface area contributed by atoms with E-state index in [4.69, 9.17) is 18.9 Å². The molecule has 4 aromatic heterocycles. The third-order valence-electron chi connectivity index (χ3n) is 7.77. The van der Waals surface area contributed by atoms with Crippen LogP contribution in [0.4, 0.5) is 0 Å². The number of nitrogens with zero attached hydrogens (tertiary/aromatic N) is 6. The molecule has 57 heavy (non-hydrogen) atoms. The number of halogens is 1. The van der Waals surface area contributed by atoms with Gasteiger partial charge in [-0.05, 0) is 93.3 Å². The van der Waals surface area contributed by atoms with Gasteiger partial charge in [0.1, 0.15) is 69.1 Å². The Kier molecular flexibility index (Phi) is 12.5. The first-order chi connectivity index (χ1) is 27.3. The lowest BCUT2D eigenvalue weighted by Gasteiger charge is -2.21. The third kappa shape index (κ3) is 10.7. The van der Waals surface area contributed by atoms with Crippen molar-refractivity contribution in [3.8, 4) is 23.3 Å². The number of aromatic nitrogens is 6. The molecular formula is C44H41IN6O6. The summed E-state index contributed by atoms with van der Waals surface area (Å²) in [5.41, 5.74) is 3.37. The molecule has 0 N–H and O–H groups in total. The molecule has 0 aliphatic carbocycles. The van der Waals surface area contributed by atoms with Crippen LogP contribution in [-0.2, 0) is 22.7 Å². The maximum absolute atomic E-state index is 13.1. The highest BCUT2D eigenvalue weighted by Crippen LogP contribution is 2.30. The topological polar surface area (TPSA) is 131 Å². The van der Waals surface area contributed by atoms with Crippen LogP contribution in [0.3, 0.4) is 0 Å². The van der Waals surface area contributed by atoms with Gasteiger partial charge in [0.2, 0.25) is 0 Å². The molecule has 3 aromatic carbocycles. The molecule has 0 bridgehead atoms. The molecule has 0 saturated heterocycles. The Balaban J connectivity index is 0.000000199. The summed E-state index contributed by atoms with van der Waals surface area (Å²) in [6.07, 6.45) is 2.80. The number of esters is 2. The molecule has 290 valence electrons. The van der Waals surface area contributed by atoms with Gasteiger partial charge in [-0.3, -0.25) is 0 Å². The van der Waals surface area contributed by atoms with Gasteiger partial charge in [0, 0.05) is 17.7 Å². The number of carbonyl (C=O) groups is 2. The zero-order valence-corrected chi connectivity index (χ0v) is 34.6. The minimum absolute atomic E-state index is 0.221. The second kappa shape index (κ2) is 17.7. The van der Waals surface area contributed by atoms with Crippen molar-refractivity contribution in [2.75, 3.05) is 0 Å². The SMILES string of the molecule is CC(C)(C)OC(=O)c1c(OCc2ccccc2)cc(C#Cc2ccccc2)n2ncnc12.CC(C)(C)OC(=O)c1c(OCc2ccccc2)cc(I)n2ncnc12. The minimum Gasteiger partial charge on any atom is -0.488 e. The Morgan fingerprint density at radius 1 is 0.614 bits per heavy atom. The van der Waals surface area contributed by atoms with E-state index in [1.807, 2.05) is 133 Å². The van der Waals surface area contributed by atoms with Crippen LogP contribution in [0.25, 0.3) is 11.3 Å². The zero-order chi connectivity index (χ0) is 40.6. The van der Waals surface area contributed by atoms with Gasteiger partial charge < -0.3 is 18.9 Å². The Labute approximate surface area is 344 Å². The zero-order valence-electron chi connectivity index (χ0n) is 32.4. The van der Waals surface area contributed by atoms with E-state index in [0.29, 0.717) is 35.1 Å². The van der Waals surface area contributed by atoms with E-state index < -0.39 is 23.1 Å². The van der Waals surface area contributed by atoms with Crippen LogP contribution in [0.2, 0.25) is 0 Å². The van der Waals surface area contributed by atoms with Crippen molar-refractivity contribution < 1.29 is 28.5 Å². The highest BCUT2D eigenvalue weighted by atomic mass is 127. The van der Waals surface area contributed by atoms with Crippen LogP contribution in [0.15, 0.2) is 116 Å². The van der Waals surface area contributed by atoms with Crippen molar-refractivity contribution in [3.63, 3.8) is 0 Å².